The molecule has 27 heavy (non-hydrogen) atoms. The summed E-state index contributed by atoms with van der Waals surface area (Å²) in [6, 6.07) is 7.81. The van der Waals surface area contributed by atoms with Gasteiger partial charge in [-0.3, -0.25) is 4.79 Å². The maximum Gasteiger partial charge on any atom is 0.244 e. The van der Waals surface area contributed by atoms with Crippen LogP contribution < -0.4 is 15.5 Å². The van der Waals surface area contributed by atoms with Gasteiger partial charge in [0.2, 0.25) is 5.91 Å². The number of halogens is 2. The molecule has 9 heteroatoms. The van der Waals surface area contributed by atoms with Crippen LogP contribution in [0.25, 0.3) is 0 Å². The van der Waals surface area contributed by atoms with Gasteiger partial charge in [0.25, 0.3) is 0 Å². The summed E-state index contributed by atoms with van der Waals surface area (Å²) in [5, 5.41) is 7.00. The Balaban J connectivity index is 0.00000364. The molecular weight excluding hydrogens is 481 g/mol. The van der Waals surface area contributed by atoms with Crippen molar-refractivity contribution in [2.75, 3.05) is 64.4 Å². The number of hydrogen-bond acceptors (Lipinski definition) is 4. The molecule has 0 radical (unpaired) electrons. The molecule has 1 heterocycles. The number of nitrogens with zero attached hydrogens (tertiary/aromatic N) is 3. The molecule has 0 unspecified atom stereocenters. The first-order chi connectivity index (χ1) is 12.6. The van der Waals surface area contributed by atoms with Crippen molar-refractivity contribution in [2.24, 2.45) is 4.99 Å². The highest BCUT2D eigenvalue weighted by molar-refractivity contribution is 14.0. The fourth-order valence-corrected chi connectivity index (χ4v) is 2.85. The largest absolute Gasteiger partial charge is 0.383 e. The summed E-state index contributed by atoms with van der Waals surface area (Å²) in [5.74, 6) is 0.683. The van der Waals surface area contributed by atoms with Crippen LogP contribution in [0.1, 0.15) is 6.92 Å². The molecule has 1 saturated heterocycles. The number of methoxy groups -OCH3 is 1. The molecule has 152 valence electrons. The predicted molar refractivity (Wildman–Crippen MR) is 122 cm³/mol. The second-order valence-electron chi connectivity index (χ2n) is 5.96. The standard InChI is InChI=1S/C18H28ClN5O2.HI/c1-3-20-18(21-8-13-26-2)22-14-17(25)24-11-9-23(10-12-24)16-6-4-15(19)5-7-16;/h4-7H,3,8-14H2,1-2H3,(H2,20,21,22);1H. The fraction of sp³-hybridized carbons (Fsp3) is 0.556. The summed E-state index contributed by atoms with van der Waals surface area (Å²) in [6.45, 7) is 7.13. The van der Waals surface area contributed by atoms with E-state index in [4.69, 9.17) is 16.3 Å². The van der Waals surface area contributed by atoms with E-state index in [1.54, 1.807) is 7.11 Å². The molecule has 2 rings (SSSR count). The third kappa shape index (κ3) is 8.10. The van der Waals surface area contributed by atoms with Gasteiger partial charge in [0.05, 0.1) is 6.61 Å². The highest BCUT2D eigenvalue weighted by Gasteiger charge is 2.21. The van der Waals surface area contributed by atoms with Crippen LogP contribution in [0.5, 0.6) is 0 Å². The van der Waals surface area contributed by atoms with Crippen LogP contribution in [-0.2, 0) is 9.53 Å². The third-order valence-electron chi connectivity index (χ3n) is 4.14. The van der Waals surface area contributed by atoms with Crippen molar-refractivity contribution in [3.8, 4) is 0 Å². The van der Waals surface area contributed by atoms with E-state index in [9.17, 15) is 4.79 Å². The van der Waals surface area contributed by atoms with Crippen molar-refractivity contribution in [3.63, 3.8) is 0 Å². The minimum atomic E-state index is 0. The Morgan fingerprint density at radius 1 is 1.19 bits per heavy atom. The summed E-state index contributed by atoms with van der Waals surface area (Å²) in [4.78, 5) is 20.9. The average molecular weight is 510 g/mol. The monoisotopic (exact) mass is 509 g/mol. The van der Waals surface area contributed by atoms with Crippen LogP contribution in [0.15, 0.2) is 29.3 Å². The molecule has 2 N–H and O–H groups in total. The number of piperazine rings is 1. The molecule has 0 atom stereocenters. The zero-order valence-electron chi connectivity index (χ0n) is 15.9. The van der Waals surface area contributed by atoms with Gasteiger partial charge >= 0.3 is 0 Å². The molecule has 1 fully saturated rings. The van der Waals surface area contributed by atoms with Gasteiger partial charge in [-0.15, -0.1) is 24.0 Å². The van der Waals surface area contributed by atoms with E-state index < -0.39 is 0 Å². The number of nitrogens with one attached hydrogen (secondary N) is 2. The lowest BCUT2D eigenvalue weighted by Gasteiger charge is -2.36. The second-order valence-corrected chi connectivity index (χ2v) is 6.40. The van der Waals surface area contributed by atoms with Crippen molar-refractivity contribution >= 4 is 53.1 Å². The Labute approximate surface area is 183 Å². The zero-order valence-corrected chi connectivity index (χ0v) is 19.0. The Morgan fingerprint density at radius 2 is 1.85 bits per heavy atom. The number of ether oxygens (including phenoxy) is 1. The van der Waals surface area contributed by atoms with Crippen molar-refractivity contribution in [3.05, 3.63) is 29.3 Å². The smallest absolute Gasteiger partial charge is 0.244 e. The van der Waals surface area contributed by atoms with E-state index in [2.05, 4.69) is 20.5 Å². The number of guanidine groups is 1. The molecule has 0 aliphatic carbocycles. The second kappa shape index (κ2) is 13.0. The van der Waals surface area contributed by atoms with Gasteiger partial charge in [0.15, 0.2) is 5.96 Å². The first-order valence-electron chi connectivity index (χ1n) is 8.93. The molecule has 1 aromatic rings. The molecular formula is C18H29ClIN5O2. The molecule has 0 spiro atoms. The van der Waals surface area contributed by atoms with Crippen molar-refractivity contribution in [2.45, 2.75) is 6.92 Å². The van der Waals surface area contributed by atoms with Crippen LogP contribution in [0, 0.1) is 0 Å². The van der Waals surface area contributed by atoms with Gasteiger partial charge in [0, 0.05) is 57.1 Å². The molecule has 1 aliphatic rings. The lowest BCUT2D eigenvalue weighted by Crippen LogP contribution is -2.49. The fourth-order valence-electron chi connectivity index (χ4n) is 2.73. The van der Waals surface area contributed by atoms with Crippen LogP contribution in [0.2, 0.25) is 5.02 Å². The highest BCUT2D eigenvalue weighted by atomic mass is 127. The SMILES string of the molecule is CCNC(=NCC(=O)N1CCN(c2ccc(Cl)cc2)CC1)NCCOC.I. The number of benzene rings is 1. The van der Waals surface area contributed by atoms with Gasteiger partial charge < -0.3 is 25.2 Å². The molecule has 7 nitrogen and oxygen atoms in total. The first-order valence-corrected chi connectivity index (χ1v) is 9.31. The molecule has 0 aromatic heterocycles. The van der Waals surface area contributed by atoms with Crippen LogP contribution in [0.4, 0.5) is 5.69 Å². The van der Waals surface area contributed by atoms with Gasteiger partial charge in [-0.05, 0) is 31.2 Å². The minimum absolute atomic E-state index is 0. The summed E-state index contributed by atoms with van der Waals surface area (Å²) >= 11 is 5.94. The van der Waals surface area contributed by atoms with Crippen molar-refractivity contribution < 1.29 is 9.53 Å². The maximum absolute atomic E-state index is 12.4. The van der Waals surface area contributed by atoms with E-state index in [0.29, 0.717) is 32.2 Å². The van der Waals surface area contributed by atoms with Gasteiger partial charge in [0.1, 0.15) is 6.54 Å². The predicted octanol–water partition coefficient (Wildman–Crippen LogP) is 1.81. The molecule has 0 saturated carbocycles. The Kier molecular flexibility index (Phi) is 11.5. The van der Waals surface area contributed by atoms with Gasteiger partial charge in [-0.1, -0.05) is 11.6 Å². The number of aliphatic imine (C=N–C) groups is 1. The number of carbonyl (C=O) groups excluding carboxylic acids is 1. The minimum Gasteiger partial charge on any atom is -0.383 e. The average Bonchev–Trinajstić information content (AvgIpc) is 2.67. The van der Waals surface area contributed by atoms with Gasteiger partial charge in [-0.25, -0.2) is 4.99 Å². The summed E-state index contributed by atoms with van der Waals surface area (Å²) in [5.41, 5.74) is 1.14. The number of anilines is 1. The van der Waals surface area contributed by atoms with E-state index in [1.165, 1.54) is 0 Å². The summed E-state index contributed by atoms with van der Waals surface area (Å²) in [6.07, 6.45) is 0. The van der Waals surface area contributed by atoms with Crippen LogP contribution >= 0.6 is 35.6 Å². The number of rotatable bonds is 7. The summed E-state index contributed by atoms with van der Waals surface area (Å²) in [7, 11) is 1.65. The highest BCUT2D eigenvalue weighted by Crippen LogP contribution is 2.19. The number of carbonyl (C=O) groups is 1. The molecule has 1 aliphatic heterocycles. The van der Waals surface area contributed by atoms with Gasteiger partial charge in [-0.2, -0.15) is 0 Å². The topological polar surface area (TPSA) is 69.2 Å². The first kappa shape index (κ1) is 23.8. The van der Waals surface area contributed by atoms with E-state index in [-0.39, 0.29) is 36.4 Å². The third-order valence-corrected chi connectivity index (χ3v) is 4.39. The quantitative estimate of drug-likeness (QED) is 0.254. The Morgan fingerprint density at radius 3 is 2.44 bits per heavy atom. The Hall–Kier alpha value is -1.26. The number of hydrogen-bond donors (Lipinski definition) is 2. The van der Waals surface area contributed by atoms with Crippen LogP contribution in [0.3, 0.4) is 0 Å². The van der Waals surface area contributed by atoms with E-state index in [0.717, 1.165) is 30.3 Å². The molecule has 1 aromatic carbocycles. The summed E-state index contributed by atoms with van der Waals surface area (Å²) < 4.78 is 5.01. The molecule has 1 amide bonds. The number of amides is 1. The Bertz CT molecular complexity index is 592. The lowest BCUT2D eigenvalue weighted by molar-refractivity contribution is -0.129. The van der Waals surface area contributed by atoms with Crippen molar-refractivity contribution in [1.29, 1.82) is 0 Å². The van der Waals surface area contributed by atoms with E-state index >= 15 is 0 Å². The van der Waals surface area contributed by atoms with E-state index in [1.807, 2.05) is 36.1 Å². The maximum atomic E-state index is 12.4. The van der Waals surface area contributed by atoms with Crippen LogP contribution in [-0.4, -0.2) is 76.3 Å². The normalized spacial score (nSPS) is 14.6. The zero-order chi connectivity index (χ0) is 18.8. The molecule has 0 bridgehead atoms. The lowest BCUT2D eigenvalue weighted by atomic mass is 10.2. The van der Waals surface area contributed by atoms with Crippen molar-refractivity contribution in [1.82, 2.24) is 15.5 Å².